The molecule has 15 heavy (non-hydrogen) atoms. The predicted octanol–water partition coefficient (Wildman–Crippen LogP) is 2.90. The van der Waals surface area contributed by atoms with Gasteiger partial charge in [0, 0.05) is 4.47 Å². The lowest BCUT2D eigenvalue weighted by molar-refractivity contribution is -0.0602. The normalized spacial score (nSPS) is 12.9. The van der Waals surface area contributed by atoms with Gasteiger partial charge < -0.3 is 10.3 Å². The first-order valence-electron chi connectivity index (χ1n) is 3.64. The third-order valence-corrected chi connectivity index (χ3v) is 2.08. The van der Waals surface area contributed by atoms with Gasteiger partial charge in [0.25, 0.3) is 0 Å². The summed E-state index contributed by atoms with van der Waals surface area (Å²) in [4.78, 5) is 0. The Hall–Kier alpha value is -1.24. The van der Waals surface area contributed by atoms with Crippen molar-refractivity contribution in [3.05, 3.63) is 28.2 Å². The Labute approximate surface area is 91.0 Å². The number of rotatable bonds is 1. The van der Waals surface area contributed by atoms with Gasteiger partial charge in [0.05, 0.1) is 5.56 Å². The zero-order valence-corrected chi connectivity index (χ0v) is 8.67. The first kappa shape index (κ1) is 11.8. The minimum Gasteiger partial charge on any atom is -0.507 e. The van der Waals surface area contributed by atoms with Crippen molar-refractivity contribution in [1.82, 2.24) is 0 Å². The van der Waals surface area contributed by atoms with Crippen LogP contribution >= 0.6 is 15.9 Å². The minimum atomic E-state index is -4.82. The van der Waals surface area contributed by atoms with E-state index in [9.17, 15) is 18.3 Å². The zero-order valence-electron chi connectivity index (χ0n) is 7.09. The highest BCUT2D eigenvalue weighted by Gasteiger charge is 2.39. The summed E-state index contributed by atoms with van der Waals surface area (Å²) in [5.74, 6) is -0.616. The monoisotopic (exact) mass is 283 g/mol. The van der Waals surface area contributed by atoms with E-state index >= 15 is 0 Å². The Morgan fingerprint density at radius 3 is 2.33 bits per heavy atom. The van der Waals surface area contributed by atoms with E-state index in [1.54, 1.807) is 0 Å². The fourth-order valence-electron chi connectivity index (χ4n) is 0.968. The molecule has 0 radical (unpaired) electrons. The molecule has 0 aromatic heterocycles. The topological polar surface area (TPSA) is 52.8 Å². The van der Waals surface area contributed by atoms with Gasteiger partial charge in [-0.1, -0.05) is 21.1 Å². The smallest absolute Gasteiger partial charge is 0.437 e. The summed E-state index contributed by atoms with van der Waals surface area (Å²) in [6, 6.07) is 3.38. The Kier molecular flexibility index (Phi) is 3.23. The van der Waals surface area contributed by atoms with Gasteiger partial charge in [-0.15, -0.1) is 0 Å². The number of hydrogen-bond donors (Lipinski definition) is 2. The summed E-state index contributed by atoms with van der Waals surface area (Å²) in [7, 11) is 0. The van der Waals surface area contributed by atoms with Gasteiger partial charge in [0.2, 0.25) is 0 Å². The molecule has 0 unspecified atom stereocenters. The predicted molar refractivity (Wildman–Crippen MR) is 50.2 cm³/mol. The molecule has 0 heterocycles. The third kappa shape index (κ3) is 2.62. The average Bonchev–Trinajstić information content (AvgIpc) is 2.07. The summed E-state index contributed by atoms with van der Waals surface area (Å²) in [5, 5.41) is 19.6. The van der Waals surface area contributed by atoms with Crippen LogP contribution in [0.15, 0.2) is 27.8 Å². The first-order chi connectivity index (χ1) is 6.86. The van der Waals surface area contributed by atoms with Crippen LogP contribution in [0.3, 0.4) is 0 Å². The van der Waals surface area contributed by atoms with Crippen LogP contribution in [0.25, 0.3) is 0 Å². The molecule has 0 saturated heterocycles. The average molecular weight is 284 g/mol. The molecule has 0 aliphatic carbocycles. The number of hydrogen-bond acceptors (Lipinski definition) is 3. The van der Waals surface area contributed by atoms with Gasteiger partial charge in [-0.3, -0.25) is 0 Å². The number of alkyl halides is 3. The summed E-state index contributed by atoms with van der Waals surface area (Å²) in [6.45, 7) is 0. The van der Waals surface area contributed by atoms with Gasteiger partial charge in [0.15, 0.2) is 5.71 Å². The number of halogens is 4. The van der Waals surface area contributed by atoms with E-state index in [1.165, 1.54) is 6.07 Å². The van der Waals surface area contributed by atoms with Crippen molar-refractivity contribution >= 4 is 21.6 Å². The Morgan fingerprint density at radius 2 is 1.93 bits per heavy atom. The number of phenols is 1. The Morgan fingerprint density at radius 1 is 1.33 bits per heavy atom. The van der Waals surface area contributed by atoms with E-state index < -0.39 is 23.2 Å². The van der Waals surface area contributed by atoms with Crippen molar-refractivity contribution in [2.75, 3.05) is 0 Å². The molecule has 1 aromatic rings. The van der Waals surface area contributed by atoms with Crippen molar-refractivity contribution in [1.29, 1.82) is 0 Å². The van der Waals surface area contributed by atoms with Gasteiger partial charge >= 0.3 is 6.18 Å². The molecular formula is C8H5BrF3NO2. The van der Waals surface area contributed by atoms with E-state index in [0.717, 1.165) is 12.1 Å². The lowest BCUT2D eigenvalue weighted by Gasteiger charge is -2.10. The number of aromatic hydroxyl groups is 1. The molecule has 1 aromatic carbocycles. The molecule has 1 rings (SSSR count). The second-order valence-corrected chi connectivity index (χ2v) is 3.52. The van der Waals surface area contributed by atoms with Gasteiger partial charge in [-0.2, -0.15) is 13.2 Å². The van der Waals surface area contributed by atoms with Crippen LogP contribution in [0.5, 0.6) is 5.75 Å². The molecular weight excluding hydrogens is 279 g/mol. The maximum Gasteiger partial charge on any atom is 0.437 e. The van der Waals surface area contributed by atoms with Crippen molar-refractivity contribution in [3.63, 3.8) is 0 Å². The van der Waals surface area contributed by atoms with E-state index in [4.69, 9.17) is 5.21 Å². The maximum atomic E-state index is 12.3. The standard InChI is InChI=1S/C8H5BrF3NO2/c9-4-1-2-5(6(14)3-4)7(13-15)8(10,11)12/h1-3,14-15H. The lowest BCUT2D eigenvalue weighted by Crippen LogP contribution is -2.24. The van der Waals surface area contributed by atoms with E-state index in [-0.39, 0.29) is 0 Å². The Balaban J connectivity index is 3.27. The van der Waals surface area contributed by atoms with Crippen LogP contribution in [-0.4, -0.2) is 22.2 Å². The number of oxime groups is 1. The fourth-order valence-corrected chi connectivity index (χ4v) is 1.32. The van der Waals surface area contributed by atoms with Gasteiger partial charge in [0.1, 0.15) is 5.75 Å². The summed E-state index contributed by atoms with van der Waals surface area (Å²) in [5.41, 5.74) is -2.11. The van der Waals surface area contributed by atoms with Crippen molar-refractivity contribution in [3.8, 4) is 5.75 Å². The van der Waals surface area contributed by atoms with Crippen LogP contribution in [0.4, 0.5) is 13.2 Å². The highest BCUT2D eigenvalue weighted by molar-refractivity contribution is 9.10. The van der Waals surface area contributed by atoms with Crippen LogP contribution in [-0.2, 0) is 0 Å². The quantitative estimate of drug-likeness (QED) is 0.473. The third-order valence-electron chi connectivity index (χ3n) is 1.58. The van der Waals surface area contributed by atoms with Crippen LogP contribution < -0.4 is 0 Å². The molecule has 0 aliphatic rings. The number of benzene rings is 1. The first-order valence-corrected chi connectivity index (χ1v) is 4.43. The number of phenolic OH excluding ortho intramolecular Hbond substituents is 1. The van der Waals surface area contributed by atoms with Crippen molar-refractivity contribution < 1.29 is 23.5 Å². The Bertz CT molecular complexity index is 403. The maximum absolute atomic E-state index is 12.3. The molecule has 0 spiro atoms. The van der Waals surface area contributed by atoms with E-state index in [0.29, 0.717) is 4.47 Å². The summed E-state index contributed by atoms with van der Waals surface area (Å²) in [6.07, 6.45) is -4.82. The van der Waals surface area contributed by atoms with Gasteiger partial charge in [-0.25, -0.2) is 0 Å². The van der Waals surface area contributed by atoms with Crippen LogP contribution in [0, 0.1) is 0 Å². The second kappa shape index (κ2) is 4.09. The molecule has 0 amide bonds. The SMILES string of the molecule is ON=C(c1ccc(Br)cc1O)C(F)(F)F. The largest absolute Gasteiger partial charge is 0.507 e. The molecule has 7 heteroatoms. The molecule has 0 fully saturated rings. The summed E-state index contributed by atoms with van der Waals surface area (Å²) < 4.78 is 37.2. The molecule has 82 valence electrons. The molecule has 2 N–H and O–H groups in total. The van der Waals surface area contributed by atoms with Crippen LogP contribution in [0.2, 0.25) is 0 Å². The van der Waals surface area contributed by atoms with E-state index in [1.807, 2.05) is 0 Å². The molecule has 3 nitrogen and oxygen atoms in total. The molecule has 0 aliphatic heterocycles. The molecule has 0 saturated carbocycles. The highest BCUT2D eigenvalue weighted by Crippen LogP contribution is 2.29. The van der Waals surface area contributed by atoms with Crippen LogP contribution in [0.1, 0.15) is 5.56 Å². The lowest BCUT2D eigenvalue weighted by atomic mass is 10.1. The molecule has 0 bridgehead atoms. The second-order valence-electron chi connectivity index (χ2n) is 2.61. The van der Waals surface area contributed by atoms with Crippen molar-refractivity contribution in [2.24, 2.45) is 5.16 Å². The highest BCUT2D eigenvalue weighted by atomic mass is 79.9. The zero-order chi connectivity index (χ0) is 11.6. The molecule has 0 atom stereocenters. The number of nitrogens with zero attached hydrogens (tertiary/aromatic N) is 1. The van der Waals surface area contributed by atoms with E-state index in [2.05, 4.69) is 21.1 Å². The van der Waals surface area contributed by atoms with Crippen molar-refractivity contribution in [2.45, 2.75) is 6.18 Å². The van der Waals surface area contributed by atoms with Gasteiger partial charge in [-0.05, 0) is 18.2 Å². The summed E-state index contributed by atoms with van der Waals surface area (Å²) >= 11 is 2.97. The minimum absolute atomic E-state index is 0.420. The fraction of sp³-hybridized carbons (Fsp3) is 0.125.